The summed E-state index contributed by atoms with van der Waals surface area (Å²) in [5, 5.41) is 5.51. The van der Waals surface area contributed by atoms with Crippen LogP contribution in [-0.2, 0) is 6.61 Å². The van der Waals surface area contributed by atoms with E-state index in [4.69, 9.17) is 9.47 Å². The van der Waals surface area contributed by atoms with Gasteiger partial charge < -0.3 is 9.47 Å². The van der Waals surface area contributed by atoms with Gasteiger partial charge in [-0.3, -0.25) is 20.0 Å². The molecule has 1 aromatic heterocycles. The number of aromatic amines is 2. The van der Waals surface area contributed by atoms with Gasteiger partial charge in [0, 0.05) is 17.4 Å². The molecule has 130 valence electrons. The van der Waals surface area contributed by atoms with Crippen LogP contribution in [0.2, 0.25) is 0 Å². The molecule has 0 atom stereocenters. The number of hydrogen-bond acceptors (Lipinski definition) is 4. The zero-order chi connectivity index (χ0) is 17.9. The lowest BCUT2D eigenvalue weighted by atomic mass is 10.0. The van der Waals surface area contributed by atoms with E-state index in [1.807, 2.05) is 54.6 Å². The van der Waals surface area contributed by atoms with Crippen LogP contribution in [0, 0.1) is 0 Å². The topological polar surface area (TPSA) is 79.5 Å². The van der Waals surface area contributed by atoms with E-state index >= 15 is 0 Å². The van der Waals surface area contributed by atoms with Crippen LogP contribution in [-0.4, -0.2) is 23.5 Å². The molecule has 0 unspecified atom stereocenters. The highest BCUT2D eigenvalue weighted by Gasteiger charge is 2.14. The number of hydrogen-bond donors (Lipinski definition) is 2. The average molecular weight is 347 g/mol. The summed E-state index contributed by atoms with van der Waals surface area (Å²) in [5.74, 6) is 1.45. The highest BCUT2D eigenvalue weighted by molar-refractivity contribution is 6.21. The van der Waals surface area contributed by atoms with E-state index in [9.17, 15) is 4.79 Å². The first-order valence-corrected chi connectivity index (χ1v) is 8.16. The first kappa shape index (κ1) is 16.0. The predicted octanol–water partition coefficient (Wildman–Crippen LogP) is 3.55. The van der Waals surface area contributed by atoms with Gasteiger partial charge in [0.05, 0.1) is 24.1 Å². The highest BCUT2D eigenvalue weighted by Crippen LogP contribution is 2.32. The second kappa shape index (κ2) is 6.76. The Morgan fingerprint density at radius 1 is 1.04 bits per heavy atom. The maximum atomic E-state index is 12.2. The fraction of sp³-hybridized carbons (Fsp3) is 0.100. The second-order valence-corrected chi connectivity index (χ2v) is 5.81. The minimum atomic E-state index is -0.191. The zero-order valence-corrected chi connectivity index (χ0v) is 14.2. The molecule has 6 nitrogen and oxygen atoms in total. The molecular weight excluding hydrogens is 330 g/mol. The van der Waals surface area contributed by atoms with Gasteiger partial charge in [0.2, 0.25) is 0 Å². The summed E-state index contributed by atoms with van der Waals surface area (Å²) >= 11 is 0. The third kappa shape index (κ3) is 3.04. The summed E-state index contributed by atoms with van der Waals surface area (Å²) in [6.07, 6.45) is 3.60. The molecule has 26 heavy (non-hydrogen) atoms. The molecule has 1 aliphatic rings. The summed E-state index contributed by atoms with van der Waals surface area (Å²) in [6, 6.07) is 15.1. The van der Waals surface area contributed by atoms with Gasteiger partial charge >= 0.3 is 0 Å². The summed E-state index contributed by atoms with van der Waals surface area (Å²) in [5.41, 5.74) is 3.84. The number of nitrogens with zero attached hydrogens (tertiary/aromatic N) is 1. The van der Waals surface area contributed by atoms with Crippen LogP contribution in [0.25, 0.3) is 11.6 Å². The molecule has 2 heterocycles. The van der Waals surface area contributed by atoms with Crippen LogP contribution in [0.4, 0.5) is 5.69 Å². The lowest BCUT2D eigenvalue weighted by Gasteiger charge is -2.06. The fourth-order valence-electron chi connectivity index (χ4n) is 2.81. The highest BCUT2D eigenvalue weighted by atomic mass is 16.5. The number of rotatable bonds is 5. The van der Waals surface area contributed by atoms with Crippen molar-refractivity contribution >= 4 is 23.6 Å². The molecule has 0 bridgehead atoms. The van der Waals surface area contributed by atoms with E-state index < -0.39 is 0 Å². The van der Waals surface area contributed by atoms with Crippen molar-refractivity contribution in [2.75, 3.05) is 7.11 Å². The van der Waals surface area contributed by atoms with Gasteiger partial charge in [0.15, 0.2) is 0 Å². The van der Waals surface area contributed by atoms with E-state index in [2.05, 4.69) is 15.2 Å². The average Bonchev–Trinajstić information content (AvgIpc) is 3.25. The SMILES string of the molecule is COc1ccc(OCc2[nH][nH]c(=O)c2C=C2C=Nc3ccccc32)cc1. The third-order valence-electron chi connectivity index (χ3n) is 4.20. The Bertz CT molecular complexity index is 1040. The summed E-state index contributed by atoms with van der Waals surface area (Å²) in [6.45, 7) is 0.239. The number of nitrogens with one attached hydrogen (secondary N) is 2. The largest absolute Gasteiger partial charge is 0.497 e. The van der Waals surface area contributed by atoms with Gasteiger partial charge in [0.25, 0.3) is 5.56 Å². The number of para-hydroxylation sites is 1. The molecule has 0 amide bonds. The molecule has 0 aliphatic carbocycles. The normalized spacial score (nSPS) is 13.8. The van der Waals surface area contributed by atoms with E-state index in [-0.39, 0.29) is 12.2 Å². The number of benzene rings is 2. The summed E-state index contributed by atoms with van der Waals surface area (Å²) in [4.78, 5) is 16.6. The smallest absolute Gasteiger partial charge is 0.271 e. The Hall–Kier alpha value is -3.54. The van der Waals surface area contributed by atoms with Crippen molar-refractivity contribution in [2.24, 2.45) is 4.99 Å². The summed E-state index contributed by atoms with van der Waals surface area (Å²) in [7, 11) is 1.62. The molecule has 2 aromatic carbocycles. The molecule has 1 aliphatic heterocycles. The fourth-order valence-corrected chi connectivity index (χ4v) is 2.81. The third-order valence-corrected chi connectivity index (χ3v) is 4.20. The van der Waals surface area contributed by atoms with Gasteiger partial charge in [-0.2, -0.15) is 0 Å². The lowest BCUT2D eigenvalue weighted by Crippen LogP contribution is -2.04. The minimum Gasteiger partial charge on any atom is -0.497 e. The van der Waals surface area contributed by atoms with Gasteiger partial charge in [-0.1, -0.05) is 18.2 Å². The first-order chi connectivity index (χ1) is 12.7. The van der Waals surface area contributed by atoms with Crippen molar-refractivity contribution in [1.29, 1.82) is 0 Å². The van der Waals surface area contributed by atoms with Gasteiger partial charge in [-0.25, -0.2) is 0 Å². The molecule has 0 spiro atoms. The number of ether oxygens (including phenoxy) is 2. The number of aromatic nitrogens is 2. The van der Waals surface area contributed by atoms with Gasteiger partial charge in [0.1, 0.15) is 18.1 Å². The monoisotopic (exact) mass is 347 g/mol. The van der Waals surface area contributed by atoms with Crippen molar-refractivity contribution in [2.45, 2.75) is 6.61 Å². The van der Waals surface area contributed by atoms with Crippen LogP contribution in [0.5, 0.6) is 11.5 Å². The van der Waals surface area contributed by atoms with Crippen LogP contribution >= 0.6 is 0 Å². The molecule has 3 aromatic rings. The molecule has 4 rings (SSSR count). The standard InChI is InChI=1S/C20H17N3O3/c1-25-14-6-8-15(9-7-14)26-12-19-17(20(24)23-22-19)10-13-11-21-18-5-3-2-4-16(13)18/h2-11H,12H2,1H3,(H2,22,23,24). The Kier molecular flexibility index (Phi) is 4.15. The van der Waals surface area contributed by atoms with Crippen LogP contribution in [0.3, 0.4) is 0 Å². The van der Waals surface area contributed by atoms with E-state index in [0.717, 1.165) is 22.6 Å². The van der Waals surface area contributed by atoms with Crippen molar-refractivity contribution in [3.63, 3.8) is 0 Å². The Balaban J connectivity index is 1.57. The molecule has 0 radical (unpaired) electrons. The van der Waals surface area contributed by atoms with Crippen molar-refractivity contribution < 1.29 is 9.47 Å². The van der Waals surface area contributed by atoms with Crippen LogP contribution < -0.4 is 15.0 Å². The minimum absolute atomic E-state index is 0.191. The number of methoxy groups -OCH3 is 1. The van der Waals surface area contributed by atoms with Crippen molar-refractivity contribution in [3.8, 4) is 11.5 Å². The van der Waals surface area contributed by atoms with Gasteiger partial charge in [-0.05, 0) is 36.4 Å². The lowest BCUT2D eigenvalue weighted by molar-refractivity contribution is 0.300. The number of H-pyrrole nitrogens is 2. The molecular formula is C20H17N3O3. The zero-order valence-electron chi connectivity index (χ0n) is 14.2. The quantitative estimate of drug-likeness (QED) is 0.741. The first-order valence-electron chi connectivity index (χ1n) is 8.16. The maximum Gasteiger partial charge on any atom is 0.271 e. The Morgan fingerprint density at radius 3 is 2.62 bits per heavy atom. The van der Waals surface area contributed by atoms with E-state index in [1.54, 1.807) is 13.3 Å². The summed E-state index contributed by atoms with van der Waals surface area (Å²) < 4.78 is 10.9. The van der Waals surface area contributed by atoms with Gasteiger partial charge in [-0.15, -0.1) is 0 Å². The second-order valence-electron chi connectivity index (χ2n) is 5.81. The Morgan fingerprint density at radius 2 is 1.81 bits per heavy atom. The Labute approximate surface area is 149 Å². The maximum absolute atomic E-state index is 12.2. The number of aliphatic imine (C=N–C) groups is 1. The number of fused-ring (bicyclic) bond motifs is 1. The molecule has 0 saturated carbocycles. The molecule has 0 saturated heterocycles. The van der Waals surface area contributed by atoms with Crippen molar-refractivity contribution in [3.05, 3.63) is 75.7 Å². The number of allylic oxidation sites excluding steroid dienone is 1. The van der Waals surface area contributed by atoms with Crippen molar-refractivity contribution in [1.82, 2.24) is 10.2 Å². The van der Waals surface area contributed by atoms with Crippen LogP contribution in [0.1, 0.15) is 16.8 Å². The molecule has 0 fully saturated rings. The van der Waals surface area contributed by atoms with E-state index in [1.165, 1.54) is 0 Å². The molecule has 6 heteroatoms. The van der Waals surface area contributed by atoms with Crippen LogP contribution in [0.15, 0.2) is 58.3 Å². The van der Waals surface area contributed by atoms with E-state index in [0.29, 0.717) is 17.0 Å². The predicted molar refractivity (Wildman–Crippen MR) is 101 cm³/mol. The molecule has 2 N–H and O–H groups in total.